The van der Waals surface area contributed by atoms with Gasteiger partial charge in [0.25, 0.3) is 5.91 Å². The van der Waals surface area contributed by atoms with Crippen molar-refractivity contribution in [1.29, 1.82) is 0 Å². The monoisotopic (exact) mass is 693 g/mol. The third-order valence-electron chi connectivity index (χ3n) is 10.5. The Kier molecular flexibility index (Phi) is 11.3. The van der Waals surface area contributed by atoms with Gasteiger partial charge in [0.2, 0.25) is 11.8 Å². The number of nitrogens with zero attached hydrogens (tertiary/aromatic N) is 2. The van der Waals surface area contributed by atoms with E-state index >= 15 is 0 Å². The molecule has 51 heavy (non-hydrogen) atoms. The van der Waals surface area contributed by atoms with Crippen molar-refractivity contribution in [2.24, 2.45) is 11.8 Å². The van der Waals surface area contributed by atoms with E-state index in [4.69, 9.17) is 9.47 Å². The topological polar surface area (TPSA) is 125 Å². The third-order valence-corrected chi connectivity index (χ3v) is 10.5. The quantitative estimate of drug-likeness (QED) is 0.112. The fraction of sp³-hybridized carbons (Fsp3) is 0.415. The Morgan fingerprint density at radius 1 is 1.02 bits per heavy atom. The van der Waals surface area contributed by atoms with Gasteiger partial charge in [-0.15, -0.1) is 13.2 Å². The predicted octanol–water partition coefficient (Wildman–Crippen LogP) is 5.26. The first-order valence-electron chi connectivity index (χ1n) is 18.0. The maximum atomic E-state index is 14.9. The summed E-state index contributed by atoms with van der Waals surface area (Å²) in [5.41, 5.74) is 0.174. The van der Waals surface area contributed by atoms with E-state index in [0.29, 0.717) is 49.8 Å². The molecule has 3 heterocycles. The zero-order valence-corrected chi connectivity index (χ0v) is 29.0. The van der Waals surface area contributed by atoms with Crippen LogP contribution in [0.5, 0.6) is 0 Å². The molecule has 0 saturated carbocycles. The van der Waals surface area contributed by atoms with Crippen LogP contribution >= 0.6 is 0 Å². The molecule has 6 rings (SSSR count). The maximum Gasteiger partial charge on any atom is 0.313 e. The van der Waals surface area contributed by atoms with Gasteiger partial charge in [-0.1, -0.05) is 72.8 Å². The summed E-state index contributed by atoms with van der Waals surface area (Å²) in [5, 5.41) is 14.3. The number of rotatable bonds is 17. The highest BCUT2D eigenvalue weighted by molar-refractivity contribution is 6.05. The molecule has 1 spiro atoms. The van der Waals surface area contributed by atoms with Crippen LogP contribution in [0.3, 0.4) is 0 Å². The van der Waals surface area contributed by atoms with Crippen molar-refractivity contribution in [3.63, 3.8) is 0 Å². The average Bonchev–Trinajstić information content (AvgIpc) is 3.80. The number of nitrogens with one attached hydrogen (secondary N) is 1. The highest BCUT2D eigenvalue weighted by atomic mass is 16.6. The van der Waals surface area contributed by atoms with E-state index in [2.05, 4.69) is 18.5 Å². The molecule has 268 valence electrons. The van der Waals surface area contributed by atoms with Crippen molar-refractivity contribution in [2.75, 3.05) is 31.1 Å². The molecule has 10 nitrogen and oxygen atoms in total. The van der Waals surface area contributed by atoms with Gasteiger partial charge >= 0.3 is 5.97 Å². The number of hydrogen-bond donors (Lipinski definition) is 2. The first-order chi connectivity index (χ1) is 24.8. The van der Waals surface area contributed by atoms with Crippen molar-refractivity contribution in [1.82, 2.24) is 10.2 Å². The van der Waals surface area contributed by atoms with Gasteiger partial charge in [-0.3, -0.25) is 19.2 Å². The predicted molar refractivity (Wildman–Crippen MR) is 194 cm³/mol. The number of benzene rings is 3. The maximum absolute atomic E-state index is 14.9. The largest absolute Gasteiger partial charge is 0.455 e. The van der Waals surface area contributed by atoms with E-state index in [9.17, 15) is 24.3 Å². The van der Waals surface area contributed by atoms with Gasteiger partial charge in [0.1, 0.15) is 17.7 Å². The van der Waals surface area contributed by atoms with Crippen LogP contribution in [0.1, 0.15) is 56.6 Å². The summed E-state index contributed by atoms with van der Waals surface area (Å²) >= 11 is 0. The Morgan fingerprint density at radius 3 is 2.53 bits per heavy atom. The third kappa shape index (κ3) is 7.21. The van der Waals surface area contributed by atoms with Crippen molar-refractivity contribution < 1.29 is 33.8 Å². The van der Waals surface area contributed by atoms with Gasteiger partial charge in [0.05, 0.1) is 24.5 Å². The first kappa shape index (κ1) is 36.0. The van der Waals surface area contributed by atoms with Crippen LogP contribution in [0, 0.1) is 11.8 Å². The van der Waals surface area contributed by atoms with Crippen molar-refractivity contribution in [2.45, 2.75) is 68.8 Å². The Morgan fingerprint density at radius 2 is 1.78 bits per heavy atom. The second kappa shape index (κ2) is 16.0. The van der Waals surface area contributed by atoms with Gasteiger partial charge in [0.15, 0.2) is 0 Å². The van der Waals surface area contributed by atoms with Crippen LogP contribution in [-0.4, -0.2) is 77.7 Å². The number of esters is 1. The molecule has 2 bridgehead atoms. The first-order valence-corrected chi connectivity index (χ1v) is 18.0. The molecule has 3 aromatic rings. The van der Waals surface area contributed by atoms with Crippen LogP contribution in [0.15, 0.2) is 98.1 Å². The highest BCUT2D eigenvalue weighted by Crippen LogP contribution is 2.59. The molecule has 3 aliphatic heterocycles. The Labute approximate surface area is 299 Å². The zero-order valence-electron chi connectivity index (χ0n) is 29.0. The number of carbonyl (C=O) groups is 4. The molecular weight excluding hydrogens is 646 g/mol. The Hall–Kier alpha value is -4.80. The van der Waals surface area contributed by atoms with Crippen LogP contribution in [0.4, 0.5) is 5.69 Å². The smallest absolute Gasteiger partial charge is 0.313 e. The highest BCUT2D eigenvalue weighted by Gasteiger charge is 2.75. The number of ether oxygens (including phenoxy) is 2. The Bertz CT molecular complexity index is 1760. The molecule has 3 saturated heterocycles. The molecule has 0 aliphatic carbocycles. The Balaban J connectivity index is 1.31. The number of unbranched alkanes of at least 4 members (excludes halogenated alkanes) is 2. The molecule has 2 N–H and O–H groups in total. The lowest BCUT2D eigenvalue weighted by atomic mass is 9.70. The second-order valence-corrected chi connectivity index (χ2v) is 13.6. The number of aliphatic hydroxyl groups excluding tert-OH is 1. The molecule has 10 heteroatoms. The van der Waals surface area contributed by atoms with Crippen molar-refractivity contribution in [3.8, 4) is 0 Å². The summed E-state index contributed by atoms with van der Waals surface area (Å²) in [6.07, 6.45) is 5.52. The number of likely N-dealkylation sites (tertiary alicyclic amines) is 1. The minimum absolute atomic E-state index is 0.0357. The minimum atomic E-state index is -1.21. The lowest BCUT2D eigenvalue weighted by Gasteiger charge is -2.37. The van der Waals surface area contributed by atoms with E-state index in [1.54, 1.807) is 22.0 Å². The number of aliphatic hydroxyl groups is 1. The summed E-state index contributed by atoms with van der Waals surface area (Å²) in [6.45, 7) is 8.19. The zero-order chi connectivity index (χ0) is 36.0. The van der Waals surface area contributed by atoms with E-state index in [1.807, 2.05) is 72.8 Å². The van der Waals surface area contributed by atoms with Crippen molar-refractivity contribution >= 4 is 40.2 Å². The summed E-state index contributed by atoms with van der Waals surface area (Å²) in [7, 11) is 0. The molecule has 0 aromatic heterocycles. The number of fused-ring (bicyclic) bond motifs is 2. The number of amides is 3. The van der Waals surface area contributed by atoms with E-state index in [-0.39, 0.29) is 50.4 Å². The van der Waals surface area contributed by atoms with E-state index in [1.165, 1.54) is 0 Å². The second-order valence-electron chi connectivity index (χ2n) is 13.6. The fourth-order valence-electron chi connectivity index (χ4n) is 8.10. The standard InChI is InChI=1S/C41H47N3O7/c1-3-5-18-34(46)42-27-33(29-15-8-6-9-16-29)50-40(49)35-32-21-22-41(51-32)36(35)38(47)44(24-12-7-13-25-45)37(41)39(48)43(23-4-2)31-20-19-28-14-10-11-17-30(28)26-31/h3-4,6,8-11,14-17,19-20,26,32-33,35-37,45H,1-2,5,7,12-13,18,21-25,27H2,(H,42,46)/t32-,33-,35+,36+,37-,41+/m0/s1. The summed E-state index contributed by atoms with van der Waals surface area (Å²) in [6, 6.07) is 22.0. The molecule has 6 atom stereocenters. The normalized spacial score (nSPS) is 23.9. The fourth-order valence-corrected chi connectivity index (χ4v) is 8.10. The number of hydrogen-bond acceptors (Lipinski definition) is 7. The summed E-state index contributed by atoms with van der Waals surface area (Å²) in [5.74, 6) is -3.18. The van der Waals surface area contributed by atoms with Gasteiger partial charge in [-0.2, -0.15) is 0 Å². The molecule has 3 aromatic carbocycles. The van der Waals surface area contributed by atoms with Crippen LogP contribution in [0.2, 0.25) is 0 Å². The van der Waals surface area contributed by atoms with Crippen LogP contribution < -0.4 is 10.2 Å². The lowest BCUT2D eigenvalue weighted by Crippen LogP contribution is -2.56. The lowest BCUT2D eigenvalue weighted by molar-refractivity contribution is -0.160. The summed E-state index contributed by atoms with van der Waals surface area (Å²) < 4.78 is 12.8. The minimum Gasteiger partial charge on any atom is -0.455 e. The van der Waals surface area contributed by atoms with E-state index < -0.39 is 41.7 Å². The summed E-state index contributed by atoms with van der Waals surface area (Å²) in [4.78, 5) is 59.5. The molecule has 3 amide bonds. The van der Waals surface area contributed by atoms with Gasteiger partial charge in [0, 0.05) is 31.8 Å². The molecule has 0 radical (unpaired) electrons. The SMILES string of the molecule is C=CCCC(=O)NC[C@H](OC(=O)[C@@H]1[C@@H]2CC[C@]3(O2)[C@H](C(=O)N(CC=C)c2ccc4ccccc4c2)N(CCCCCO)C(=O)[C@@H]13)c1ccccc1. The van der Waals surface area contributed by atoms with Crippen molar-refractivity contribution in [3.05, 3.63) is 104 Å². The molecule has 3 fully saturated rings. The molecular formula is C41H47N3O7. The number of carbonyl (C=O) groups excluding carboxylic acids is 4. The molecule has 0 unspecified atom stereocenters. The van der Waals surface area contributed by atoms with Gasteiger partial charge in [-0.25, -0.2) is 0 Å². The van der Waals surface area contributed by atoms with Crippen LogP contribution in [-0.2, 0) is 28.7 Å². The van der Waals surface area contributed by atoms with E-state index in [0.717, 1.165) is 10.8 Å². The number of allylic oxidation sites excluding steroid dienone is 1. The number of anilines is 1. The average molecular weight is 694 g/mol. The van der Waals surface area contributed by atoms with Gasteiger partial charge < -0.3 is 29.7 Å². The van der Waals surface area contributed by atoms with Gasteiger partial charge in [-0.05, 0) is 67.0 Å². The van der Waals surface area contributed by atoms with Crippen LogP contribution in [0.25, 0.3) is 10.8 Å². The molecule has 3 aliphatic rings.